The quantitative estimate of drug-likeness (QED) is 0.902. The number of ether oxygens (including phenoxy) is 1. The molecule has 7 heteroatoms. The molecule has 0 radical (unpaired) electrons. The number of amides is 1. The highest BCUT2D eigenvalue weighted by atomic mass is 19.1. The molecule has 0 unspecified atom stereocenters. The number of alkyl halides is 1. The Morgan fingerprint density at radius 1 is 1.62 bits per heavy atom. The SMILES string of the molecule is CCCC(C)(C)O[C@H]1CCN(C(=O)c2ncn[nH]2)C[C@H]1F. The first-order valence-electron chi connectivity index (χ1n) is 7.39. The molecule has 2 heterocycles. The molecule has 1 aliphatic rings. The van der Waals surface area contributed by atoms with E-state index in [1.807, 2.05) is 13.8 Å². The predicted molar refractivity (Wildman–Crippen MR) is 75.7 cm³/mol. The van der Waals surface area contributed by atoms with E-state index in [1.54, 1.807) is 0 Å². The van der Waals surface area contributed by atoms with Crippen LogP contribution >= 0.6 is 0 Å². The summed E-state index contributed by atoms with van der Waals surface area (Å²) < 4.78 is 20.2. The van der Waals surface area contributed by atoms with Crippen LogP contribution in [-0.2, 0) is 4.74 Å². The first kappa shape index (κ1) is 15.9. The first-order chi connectivity index (χ1) is 9.93. The lowest BCUT2D eigenvalue weighted by atomic mass is 10.00. The summed E-state index contributed by atoms with van der Waals surface area (Å²) in [5.41, 5.74) is -0.332. The Bertz CT molecular complexity index is 464. The van der Waals surface area contributed by atoms with Gasteiger partial charge in [0.05, 0.1) is 18.2 Å². The Morgan fingerprint density at radius 3 is 2.95 bits per heavy atom. The molecule has 118 valence electrons. The van der Waals surface area contributed by atoms with Crippen LogP contribution < -0.4 is 0 Å². The molecule has 0 aromatic carbocycles. The number of H-pyrrole nitrogens is 1. The lowest BCUT2D eigenvalue weighted by Crippen LogP contribution is -2.50. The molecule has 1 aromatic heterocycles. The molecule has 0 aliphatic carbocycles. The van der Waals surface area contributed by atoms with Gasteiger partial charge in [-0.05, 0) is 26.7 Å². The maximum absolute atomic E-state index is 14.3. The molecular weight excluding hydrogens is 275 g/mol. The highest BCUT2D eigenvalue weighted by molar-refractivity contribution is 5.90. The number of likely N-dealkylation sites (tertiary alicyclic amines) is 1. The van der Waals surface area contributed by atoms with Crippen LogP contribution in [-0.4, -0.2) is 57.0 Å². The van der Waals surface area contributed by atoms with Gasteiger partial charge in [-0.25, -0.2) is 9.37 Å². The van der Waals surface area contributed by atoms with Gasteiger partial charge in [0.15, 0.2) is 0 Å². The number of halogens is 1. The minimum atomic E-state index is -1.18. The fourth-order valence-electron chi connectivity index (χ4n) is 2.73. The van der Waals surface area contributed by atoms with E-state index in [4.69, 9.17) is 4.74 Å². The topological polar surface area (TPSA) is 71.1 Å². The molecule has 1 saturated heterocycles. The summed E-state index contributed by atoms with van der Waals surface area (Å²) in [6.07, 6.45) is 2.01. The molecule has 1 fully saturated rings. The van der Waals surface area contributed by atoms with Gasteiger partial charge in [-0.15, -0.1) is 0 Å². The van der Waals surface area contributed by atoms with Crippen LogP contribution in [0.2, 0.25) is 0 Å². The van der Waals surface area contributed by atoms with E-state index in [0.717, 1.165) is 12.8 Å². The van der Waals surface area contributed by atoms with Crippen molar-refractivity contribution in [2.75, 3.05) is 13.1 Å². The lowest BCUT2D eigenvalue weighted by molar-refractivity contribution is -0.122. The van der Waals surface area contributed by atoms with Crippen LogP contribution in [0, 0.1) is 0 Å². The third-order valence-electron chi connectivity index (χ3n) is 3.71. The summed E-state index contributed by atoms with van der Waals surface area (Å²) in [6, 6.07) is 0. The van der Waals surface area contributed by atoms with Crippen molar-refractivity contribution in [3.05, 3.63) is 12.2 Å². The second-order valence-electron chi connectivity index (χ2n) is 6.06. The van der Waals surface area contributed by atoms with E-state index >= 15 is 0 Å². The Kier molecular flexibility index (Phi) is 4.92. The third kappa shape index (κ3) is 4.00. The summed E-state index contributed by atoms with van der Waals surface area (Å²) in [7, 11) is 0. The van der Waals surface area contributed by atoms with Crippen molar-refractivity contribution in [1.29, 1.82) is 0 Å². The number of carbonyl (C=O) groups is 1. The van der Waals surface area contributed by atoms with Crippen molar-refractivity contribution in [1.82, 2.24) is 20.1 Å². The molecular formula is C14H23FN4O2. The molecule has 21 heavy (non-hydrogen) atoms. The molecule has 0 spiro atoms. The number of carbonyl (C=O) groups excluding carboxylic acids is 1. The summed E-state index contributed by atoms with van der Waals surface area (Å²) in [6.45, 7) is 6.54. The second-order valence-corrected chi connectivity index (χ2v) is 6.06. The van der Waals surface area contributed by atoms with Crippen molar-refractivity contribution in [2.45, 2.75) is 57.9 Å². The van der Waals surface area contributed by atoms with E-state index in [1.165, 1.54) is 11.2 Å². The molecule has 0 saturated carbocycles. The fourth-order valence-corrected chi connectivity index (χ4v) is 2.73. The van der Waals surface area contributed by atoms with Crippen molar-refractivity contribution < 1.29 is 13.9 Å². The second kappa shape index (κ2) is 6.51. The van der Waals surface area contributed by atoms with Crippen molar-refractivity contribution in [3.8, 4) is 0 Å². The van der Waals surface area contributed by atoms with Crippen LogP contribution in [0.4, 0.5) is 4.39 Å². The van der Waals surface area contributed by atoms with Gasteiger partial charge in [0.2, 0.25) is 5.82 Å². The van der Waals surface area contributed by atoms with Crippen molar-refractivity contribution in [3.63, 3.8) is 0 Å². The summed E-state index contributed by atoms with van der Waals surface area (Å²) in [5.74, 6) is -0.172. The number of aromatic amines is 1. The van der Waals surface area contributed by atoms with Gasteiger partial charge in [0.25, 0.3) is 5.91 Å². The lowest BCUT2D eigenvalue weighted by Gasteiger charge is -2.38. The van der Waals surface area contributed by atoms with Crippen LogP contribution in [0.5, 0.6) is 0 Å². The summed E-state index contributed by atoms with van der Waals surface area (Å²) >= 11 is 0. The Morgan fingerprint density at radius 2 is 2.38 bits per heavy atom. The smallest absolute Gasteiger partial charge is 0.291 e. The number of rotatable bonds is 5. The van der Waals surface area contributed by atoms with Crippen molar-refractivity contribution >= 4 is 5.91 Å². The number of aromatic nitrogens is 3. The molecule has 2 atom stereocenters. The molecule has 1 amide bonds. The zero-order chi connectivity index (χ0) is 15.5. The van der Waals surface area contributed by atoms with Gasteiger partial charge < -0.3 is 9.64 Å². The van der Waals surface area contributed by atoms with Gasteiger partial charge in [0, 0.05) is 6.54 Å². The van der Waals surface area contributed by atoms with Crippen molar-refractivity contribution in [2.24, 2.45) is 0 Å². The minimum absolute atomic E-state index is 0.0341. The number of nitrogens with one attached hydrogen (secondary N) is 1. The monoisotopic (exact) mass is 298 g/mol. The van der Waals surface area contributed by atoms with E-state index in [2.05, 4.69) is 22.1 Å². The Hall–Kier alpha value is -1.50. The fraction of sp³-hybridized carbons (Fsp3) is 0.786. The molecule has 2 rings (SSSR count). The van der Waals surface area contributed by atoms with Gasteiger partial charge >= 0.3 is 0 Å². The van der Waals surface area contributed by atoms with Gasteiger partial charge in [-0.1, -0.05) is 13.3 Å². The number of hydrogen-bond donors (Lipinski definition) is 1. The van der Waals surface area contributed by atoms with E-state index in [-0.39, 0.29) is 23.9 Å². The van der Waals surface area contributed by atoms with Crippen LogP contribution in [0.25, 0.3) is 0 Å². The highest BCUT2D eigenvalue weighted by Crippen LogP contribution is 2.26. The summed E-state index contributed by atoms with van der Waals surface area (Å²) in [4.78, 5) is 17.3. The zero-order valence-corrected chi connectivity index (χ0v) is 12.8. The van der Waals surface area contributed by atoms with Crippen LogP contribution in [0.3, 0.4) is 0 Å². The third-order valence-corrected chi connectivity index (χ3v) is 3.71. The predicted octanol–water partition coefficient (Wildman–Crippen LogP) is 1.95. The first-order valence-corrected chi connectivity index (χ1v) is 7.39. The normalized spacial score (nSPS) is 23.3. The number of piperidine rings is 1. The highest BCUT2D eigenvalue weighted by Gasteiger charge is 2.36. The van der Waals surface area contributed by atoms with E-state index < -0.39 is 12.3 Å². The summed E-state index contributed by atoms with van der Waals surface area (Å²) in [5, 5.41) is 6.15. The maximum atomic E-state index is 14.3. The largest absolute Gasteiger partial charge is 0.369 e. The molecule has 6 nitrogen and oxygen atoms in total. The molecule has 1 aromatic rings. The van der Waals surface area contributed by atoms with Gasteiger partial charge in [-0.2, -0.15) is 5.10 Å². The zero-order valence-electron chi connectivity index (χ0n) is 12.8. The average molecular weight is 298 g/mol. The van der Waals surface area contributed by atoms with Gasteiger partial charge in [0.1, 0.15) is 12.5 Å². The van der Waals surface area contributed by atoms with Crippen LogP contribution in [0.1, 0.15) is 50.7 Å². The molecule has 1 N–H and O–H groups in total. The maximum Gasteiger partial charge on any atom is 0.291 e. The minimum Gasteiger partial charge on any atom is -0.369 e. The van der Waals surface area contributed by atoms with Crippen LogP contribution in [0.15, 0.2) is 6.33 Å². The number of nitrogens with zero attached hydrogens (tertiary/aromatic N) is 3. The Labute approximate surface area is 124 Å². The molecule has 1 aliphatic heterocycles. The Balaban J connectivity index is 1.92. The molecule has 0 bridgehead atoms. The van der Waals surface area contributed by atoms with E-state index in [9.17, 15) is 9.18 Å². The number of hydrogen-bond acceptors (Lipinski definition) is 4. The van der Waals surface area contributed by atoms with Gasteiger partial charge in [-0.3, -0.25) is 9.89 Å². The standard InChI is InChI=1S/C14H23FN4O2/c1-4-6-14(2,3)21-11-5-7-19(8-10(11)15)13(20)12-16-9-17-18-12/h9-11H,4-8H2,1-3H3,(H,16,17,18)/t10-,11+/m1/s1. The average Bonchev–Trinajstić information content (AvgIpc) is 2.94. The van der Waals surface area contributed by atoms with E-state index in [0.29, 0.717) is 13.0 Å².